The summed E-state index contributed by atoms with van der Waals surface area (Å²) in [5.41, 5.74) is 0.828. The molecule has 3 aromatic rings. The maximum absolute atomic E-state index is 13.8. The summed E-state index contributed by atoms with van der Waals surface area (Å²) in [5.74, 6) is -0.690. The highest BCUT2D eigenvalue weighted by atomic mass is 16.7. The lowest BCUT2D eigenvalue weighted by atomic mass is 10.00. The summed E-state index contributed by atoms with van der Waals surface area (Å²) < 4.78 is 22.7. The van der Waals surface area contributed by atoms with Gasteiger partial charge in [-0.15, -0.1) is 0 Å². The molecule has 0 unspecified atom stereocenters. The molecule has 198 valence electrons. The number of aliphatic hydroxyl groups excluding tert-OH is 3. The molecular formula is C27H30O10. The second-order valence-corrected chi connectivity index (χ2v) is 9.20. The SMILES string of the molecule is COc1ccc(-c2oc3c(CC=C(C)C)c(O)cc(O)c3c(=O)c2O[C@@H]2O[C@H](C)[C@@H](O)[C@@H](O)[C@H]2O)cc1. The zero-order valence-electron chi connectivity index (χ0n) is 20.8. The number of hydrogen-bond acceptors (Lipinski definition) is 10. The van der Waals surface area contributed by atoms with Crippen LogP contribution in [0, 0.1) is 0 Å². The number of aliphatic hydroxyl groups is 3. The van der Waals surface area contributed by atoms with Gasteiger partial charge in [0.05, 0.1) is 13.2 Å². The van der Waals surface area contributed by atoms with Crippen molar-refractivity contribution in [3.05, 3.63) is 57.8 Å². The molecule has 0 radical (unpaired) electrons. The first-order valence-corrected chi connectivity index (χ1v) is 11.7. The van der Waals surface area contributed by atoms with Crippen LogP contribution in [0.5, 0.6) is 23.0 Å². The minimum atomic E-state index is -1.69. The number of benzene rings is 2. The van der Waals surface area contributed by atoms with Gasteiger partial charge in [-0.2, -0.15) is 0 Å². The van der Waals surface area contributed by atoms with E-state index in [1.807, 2.05) is 19.9 Å². The van der Waals surface area contributed by atoms with Crippen LogP contribution in [0.2, 0.25) is 0 Å². The molecule has 1 fully saturated rings. The average Bonchev–Trinajstić information content (AvgIpc) is 2.86. The largest absolute Gasteiger partial charge is 0.507 e. The summed E-state index contributed by atoms with van der Waals surface area (Å²) in [4.78, 5) is 13.8. The minimum absolute atomic E-state index is 0.0351. The van der Waals surface area contributed by atoms with E-state index in [4.69, 9.17) is 18.6 Å². The fraction of sp³-hybridized carbons (Fsp3) is 0.370. The Kier molecular flexibility index (Phi) is 7.47. The van der Waals surface area contributed by atoms with Gasteiger partial charge in [0.25, 0.3) is 0 Å². The topological polar surface area (TPSA) is 159 Å². The second kappa shape index (κ2) is 10.4. The first-order valence-electron chi connectivity index (χ1n) is 11.7. The fourth-order valence-corrected chi connectivity index (χ4v) is 4.14. The first kappa shape index (κ1) is 26.5. The predicted molar refractivity (Wildman–Crippen MR) is 134 cm³/mol. The molecule has 0 aliphatic carbocycles. The number of fused-ring (bicyclic) bond motifs is 1. The van der Waals surface area contributed by atoms with Crippen molar-refractivity contribution in [3.8, 4) is 34.3 Å². The number of phenolic OH excluding ortho intramolecular Hbond substituents is 2. The molecule has 2 heterocycles. The summed E-state index contributed by atoms with van der Waals surface area (Å²) in [6.45, 7) is 5.24. The highest BCUT2D eigenvalue weighted by molar-refractivity contribution is 5.91. The van der Waals surface area contributed by atoms with Gasteiger partial charge >= 0.3 is 0 Å². The van der Waals surface area contributed by atoms with E-state index in [1.54, 1.807) is 24.3 Å². The number of allylic oxidation sites excluding steroid dienone is 2. The monoisotopic (exact) mass is 514 g/mol. The second-order valence-electron chi connectivity index (χ2n) is 9.20. The van der Waals surface area contributed by atoms with Crippen molar-refractivity contribution in [1.29, 1.82) is 0 Å². The third-order valence-corrected chi connectivity index (χ3v) is 6.29. The van der Waals surface area contributed by atoms with E-state index in [9.17, 15) is 30.3 Å². The van der Waals surface area contributed by atoms with E-state index in [1.165, 1.54) is 14.0 Å². The van der Waals surface area contributed by atoms with Crippen LogP contribution in [0.3, 0.4) is 0 Å². The standard InChI is InChI=1S/C27H30O10/c1-12(2)5-10-16-17(28)11-18(29)19-21(31)26(37-27-23(33)22(32)20(30)13(3)35-27)24(36-25(16)19)14-6-8-15(34-4)9-7-14/h5-9,11,13,20,22-23,27-30,32-33H,10H2,1-4H3/t13-,20-,22-,23-,27+/m1/s1. The summed E-state index contributed by atoms with van der Waals surface area (Å²) >= 11 is 0. The van der Waals surface area contributed by atoms with Crippen LogP contribution in [0.25, 0.3) is 22.3 Å². The lowest BCUT2D eigenvalue weighted by Gasteiger charge is -2.38. The van der Waals surface area contributed by atoms with Crippen LogP contribution in [0.4, 0.5) is 0 Å². The highest BCUT2D eigenvalue weighted by Gasteiger charge is 2.44. The van der Waals surface area contributed by atoms with Gasteiger partial charge in [-0.3, -0.25) is 4.79 Å². The Morgan fingerprint density at radius 2 is 1.70 bits per heavy atom. The molecule has 5 atom stereocenters. The Bertz CT molecular complexity index is 1370. The van der Waals surface area contributed by atoms with Crippen molar-refractivity contribution in [2.24, 2.45) is 0 Å². The smallest absolute Gasteiger partial charge is 0.239 e. The van der Waals surface area contributed by atoms with E-state index >= 15 is 0 Å². The zero-order valence-corrected chi connectivity index (χ0v) is 20.8. The van der Waals surface area contributed by atoms with E-state index < -0.39 is 47.6 Å². The van der Waals surface area contributed by atoms with E-state index in [-0.39, 0.29) is 34.5 Å². The maximum atomic E-state index is 13.8. The predicted octanol–water partition coefficient (Wildman–Crippen LogP) is 2.59. The van der Waals surface area contributed by atoms with Gasteiger partial charge in [0.15, 0.2) is 5.76 Å². The van der Waals surface area contributed by atoms with Gasteiger partial charge in [0.2, 0.25) is 17.5 Å². The van der Waals surface area contributed by atoms with Gasteiger partial charge < -0.3 is 44.2 Å². The Hall–Kier alpha value is -3.57. The summed E-state index contributed by atoms with van der Waals surface area (Å²) in [6.07, 6.45) is -5.03. The van der Waals surface area contributed by atoms with Crippen LogP contribution in [-0.4, -0.2) is 63.3 Å². The molecule has 0 amide bonds. The molecule has 10 heteroatoms. The number of hydrogen-bond donors (Lipinski definition) is 5. The summed E-state index contributed by atoms with van der Waals surface area (Å²) in [6, 6.07) is 7.57. The Labute approximate surface area is 212 Å². The van der Waals surface area contributed by atoms with Crippen LogP contribution in [-0.2, 0) is 11.2 Å². The van der Waals surface area contributed by atoms with Gasteiger partial charge in [-0.1, -0.05) is 11.6 Å². The number of ether oxygens (including phenoxy) is 3. The molecule has 0 saturated carbocycles. The van der Waals surface area contributed by atoms with Gasteiger partial charge in [-0.05, 0) is 51.5 Å². The number of phenols is 2. The van der Waals surface area contributed by atoms with Crippen molar-refractivity contribution < 1.29 is 44.2 Å². The molecular weight excluding hydrogens is 484 g/mol. The lowest BCUT2D eigenvalue weighted by molar-refractivity contribution is -0.268. The van der Waals surface area contributed by atoms with E-state index in [0.29, 0.717) is 11.3 Å². The summed E-state index contributed by atoms with van der Waals surface area (Å²) in [5, 5.41) is 51.6. The van der Waals surface area contributed by atoms with Crippen molar-refractivity contribution in [3.63, 3.8) is 0 Å². The quantitative estimate of drug-likeness (QED) is 0.310. The zero-order chi connectivity index (χ0) is 27.0. The van der Waals surface area contributed by atoms with Crippen LogP contribution in [0.1, 0.15) is 26.3 Å². The molecule has 5 N–H and O–H groups in total. The van der Waals surface area contributed by atoms with Crippen molar-refractivity contribution in [1.82, 2.24) is 0 Å². The lowest BCUT2D eigenvalue weighted by Crippen LogP contribution is -2.58. The maximum Gasteiger partial charge on any atom is 0.239 e. The van der Waals surface area contributed by atoms with E-state index in [2.05, 4.69) is 0 Å². The third kappa shape index (κ3) is 5.01. The summed E-state index contributed by atoms with van der Waals surface area (Å²) in [7, 11) is 1.50. The highest BCUT2D eigenvalue weighted by Crippen LogP contribution is 2.40. The molecule has 2 aromatic carbocycles. The molecule has 1 aliphatic heterocycles. The van der Waals surface area contributed by atoms with Gasteiger partial charge in [0.1, 0.15) is 46.5 Å². The Morgan fingerprint density at radius 1 is 1.03 bits per heavy atom. The normalized spacial score (nSPS) is 23.6. The fourth-order valence-electron chi connectivity index (χ4n) is 4.14. The van der Waals surface area contributed by atoms with Gasteiger partial charge in [0, 0.05) is 17.2 Å². The van der Waals surface area contributed by atoms with Crippen LogP contribution < -0.4 is 14.9 Å². The number of methoxy groups -OCH3 is 1. The van der Waals surface area contributed by atoms with E-state index in [0.717, 1.165) is 11.6 Å². The van der Waals surface area contributed by atoms with Crippen molar-refractivity contribution >= 4 is 11.0 Å². The first-order chi connectivity index (χ1) is 17.5. The number of rotatable bonds is 6. The molecule has 4 rings (SSSR count). The molecule has 1 aromatic heterocycles. The minimum Gasteiger partial charge on any atom is -0.507 e. The Balaban J connectivity index is 1.96. The molecule has 0 bridgehead atoms. The third-order valence-electron chi connectivity index (χ3n) is 6.29. The molecule has 1 saturated heterocycles. The molecule has 1 aliphatic rings. The molecule has 0 spiro atoms. The van der Waals surface area contributed by atoms with Gasteiger partial charge in [-0.25, -0.2) is 0 Å². The molecule has 10 nitrogen and oxygen atoms in total. The number of aromatic hydroxyl groups is 2. The average molecular weight is 515 g/mol. The van der Waals surface area contributed by atoms with Crippen LogP contribution >= 0.6 is 0 Å². The van der Waals surface area contributed by atoms with Crippen molar-refractivity contribution in [2.45, 2.75) is 57.9 Å². The van der Waals surface area contributed by atoms with Crippen molar-refractivity contribution in [2.75, 3.05) is 7.11 Å². The molecule has 37 heavy (non-hydrogen) atoms. The Morgan fingerprint density at radius 3 is 2.32 bits per heavy atom. The van der Waals surface area contributed by atoms with Crippen LogP contribution in [0.15, 0.2) is 51.2 Å².